The van der Waals surface area contributed by atoms with Crippen LogP contribution in [0.5, 0.6) is 0 Å². The number of fused-ring (bicyclic) bond motifs is 1. The van der Waals surface area contributed by atoms with Gasteiger partial charge in [0.25, 0.3) is 0 Å². The molecule has 0 radical (unpaired) electrons. The van der Waals surface area contributed by atoms with Crippen LogP contribution < -0.4 is 0 Å². The lowest BCUT2D eigenvalue weighted by molar-refractivity contribution is -0.136. The number of aromatic amines is 1. The maximum Gasteiger partial charge on any atom is 0.508 e. The molecule has 0 spiro atoms. The number of hydrogen-bond donors (Lipinski definition) is 1. The van der Waals surface area contributed by atoms with Gasteiger partial charge in [-0.25, -0.2) is 9.89 Å². The third-order valence-electron chi connectivity index (χ3n) is 7.21. The maximum absolute atomic E-state index is 13.3. The zero-order chi connectivity index (χ0) is 28.1. The number of carbonyl (C=O) groups is 2. The van der Waals surface area contributed by atoms with Crippen LogP contribution in [0, 0.1) is 0 Å². The minimum Gasteiger partial charge on any atom is -0.455 e. The molecule has 1 aliphatic carbocycles. The Kier molecular flexibility index (Phi) is 8.49. The molecular weight excluding hydrogens is 578 g/mol. The molecule has 2 aromatic carbocycles. The van der Waals surface area contributed by atoms with Crippen LogP contribution >= 0.6 is 15.9 Å². The average Bonchev–Trinajstić information content (AvgIpc) is 3.70. The van der Waals surface area contributed by atoms with Crippen LogP contribution in [0.3, 0.4) is 0 Å². The first-order chi connectivity index (χ1) is 19.4. The summed E-state index contributed by atoms with van der Waals surface area (Å²) in [4.78, 5) is 27.3. The van der Waals surface area contributed by atoms with Crippen molar-refractivity contribution in [2.24, 2.45) is 0 Å². The number of rotatable bonds is 10. The first kappa shape index (κ1) is 27.8. The normalized spacial score (nSPS) is 14.4. The summed E-state index contributed by atoms with van der Waals surface area (Å²) in [6, 6.07) is 13.6. The van der Waals surface area contributed by atoms with E-state index in [9.17, 15) is 9.59 Å². The van der Waals surface area contributed by atoms with Crippen molar-refractivity contribution in [3.63, 3.8) is 0 Å². The molecule has 1 aliphatic rings. The predicted octanol–water partition coefficient (Wildman–Crippen LogP) is 6.66. The van der Waals surface area contributed by atoms with Crippen LogP contribution in [0.2, 0.25) is 0 Å². The number of benzene rings is 2. The molecule has 2 aromatic heterocycles. The highest BCUT2D eigenvalue weighted by atomic mass is 79.9. The lowest BCUT2D eigenvalue weighted by Gasteiger charge is -2.35. The van der Waals surface area contributed by atoms with Gasteiger partial charge in [-0.2, -0.15) is 0 Å². The zero-order valence-corrected chi connectivity index (χ0v) is 24.2. The van der Waals surface area contributed by atoms with Crippen LogP contribution in [0.1, 0.15) is 57.9 Å². The summed E-state index contributed by atoms with van der Waals surface area (Å²) in [5.74, 6) is 1.23. The highest BCUT2D eigenvalue weighted by Crippen LogP contribution is 2.41. The number of hydrogen-bond acceptors (Lipinski definition) is 8. The summed E-state index contributed by atoms with van der Waals surface area (Å²) < 4.78 is 18.0. The van der Waals surface area contributed by atoms with E-state index in [-0.39, 0.29) is 12.5 Å². The molecular formula is C29H32BrN5O5. The molecule has 1 N–H and O–H groups in total. The molecule has 210 valence electrons. The molecule has 10 nitrogen and oxygen atoms in total. The van der Waals surface area contributed by atoms with Gasteiger partial charge in [-0.3, -0.25) is 4.79 Å². The molecule has 5 rings (SSSR count). The predicted molar refractivity (Wildman–Crippen MR) is 152 cm³/mol. The first-order valence-corrected chi connectivity index (χ1v) is 14.4. The monoisotopic (exact) mass is 609 g/mol. The van der Waals surface area contributed by atoms with E-state index in [1.165, 1.54) is 0 Å². The van der Waals surface area contributed by atoms with Gasteiger partial charge in [-0.1, -0.05) is 37.3 Å². The van der Waals surface area contributed by atoms with Crippen LogP contribution in [0.15, 0.2) is 51.4 Å². The number of H-pyrrole nitrogens is 1. The maximum atomic E-state index is 13.3. The standard InChI is InChI=1S/C29H32BrN5O5/c1-3-9-24(36)35(18-29(14-7-8-15-29)40-28(37)38-4-2)17-19-12-13-23-22(16-19)25(30)26(39-23)20-10-5-6-11-21(20)27-31-33-34-32-27/h5-6,10-13,16H,3-4,7-9,14-15,17-18H2,1-2H3,(H,31,32,33,34). The summed E-state index contributed by atoms with van der Waals surface area (Å²) in [5, 5.41) is 15.2. The van der Waals surface area contributed by atoms with E-state index >= 15 is 0 Å². The van der Waals surface area contributed by atoms with Gasteiger partial charge in [0.05, 0.1) is 17.6 Å². The Hall–Kier alpha value is -3.73. The first-order valence-electron chi connectivity index (χ1n) is 13.6. The quantitative estimate of drug-likeness (QED) is 0.198. The van der Waals surface area contributed by atoms with E-state index in [0.717, 1.165) is 45.8 Å². The van der Waals surface area contributed by atoms with E-state index in [4.69, 9.17) is 13.9 Å². The Bertz CT molecular complexity index is 1480. The summed E-state index contributed by atoms with van der Waals surface area (Å²) in [6.45, 7) is 4.70. The molecule has 0 aliphatic heterocycles. The number of amides is 1. The smallest absolute Gasteiger partial charge is 0.455 e. The number of carbonyl (C=O) groups excluding carboxylic acids is 2. The van der Waals surface area contributed by atoms with Crippen molar-refractivity contribution in [1.29, 1.82) is 0 Å². The fourth-order valence-electron chi connectivity index (χ4n) is 5.36. The summed E-state index contributed by atoms with van der Waals surface area (Å²) >= 11 is 3.75. The van der Waals surface area contributed by atoms with Gasteiger partial charge in [-0.15, -0.1) is 5.10 Å². The molecule has 0 bridgehead atoms. The molecule has 1 amide bonds. The van der Waals surface area contributed by atoms with Gasteiger partial charge < -0.3 is 18.8 Å². The molecule has 0 atom stereocenters. The Morgan fingerprint density at radius 2 is 1.90 bits per heavy atom. The van der Waals surface area contributed by atoms with Gasteiger partial charge in [-0.05, 0) is 83.1 Å². The van der Waals surface area contributed by atoms with Crippen molar-refractivity contribution < 1.29 is 23.5 Å². The van der Waals surface area contributed by atoms with E-state index in [1.54, 1.807) is 6.92 Å². The molecule has 0 saturated heterocycles. The van der Waals surface area contributed by atoms with Crippen LogP contribution in [-0.2, 0) is 20.8 Å². The highest BCUT2D eigenvalue weighted by molar-refractivity contribution is 9.10. The van der Waals surface area contributed by atoms with E-state index in [1.807, 2.05) is 54.3 Å². The molecule has 1 fully saturated rings. The third-order valence-corrected chi connectivity index (χ3v) is 8.00. The molecule has 1 saturated carbocycles. The average molecular weight is 611 g/mol. The Balaban J connectivity index is 1.45. The van der Waals surface area contributed by atoms with Crippen molar-refractivity contribution in [2.75, 3.05) is 13.2 Å². The topological polar surface area (TPSA) is 123 Å². The summed E-state index contributed by atoms with van der Waals surface area (Å²) in [6.07, 6.45) is 3.77. The number of halogens is 1. The van der Waals surface area contributed by atoms with Crippen LogP contribution in [-0.4, -0.2) is 56.3 Å². The minimum atomic E-state index is -0.734. The van der Waals surface area contributed by atoms with E-state index in [2.05, 4.69) is 36.6 Å². The second-order valence-corrected chi connectivity index (χ2v) is 10.8. The number of furan rings is 1. The van der Waals surface area contributed by atoms with E-state index in [0.29, 0.717) is 49.5 Å². The van der Waals surface area contributed by atoms with Crippen LogP contribution in [0.4, 0.5) is 4.79 Å². The molecule has 2 heterocycles. The number of aromatic nitrogens is 4. The second kappa shape index (κ2) is 12.2. The van der Waals surface area contributed by atoms with Gasteiger partial charge in [0.15, 0.2) is 5.82 Å². The lowest BCUT2D eigenvalue weighted by atomic mass is 10.00. The van der Waals surface area contributed by atoms with Crippen molar-refractivity contribution >= 4 is 39.0 Å². The van der Waals surface area contributed by atoms with Gasteiger partial charge in [0, 0.05) is 29.5 Å². The van der Waals surface area contributed by atoms with Crippen molar-refractivity contribution in [2.45, 2.75) is 64.5 Å². The second-order valence-electron chi connectivity index (χ2n) is 10.0. The fraction of sp³-hybridized carbons (Fsp3) is 0.414. The molecule has 11 heteroatoms. The molecule has 40 heavy (non-hydrogen) atoms. The SMILES string of the molecule is CCCC(=O)N(Cc1ccc2oc(-c3ccccc3-c3nnn[nH]3)c(Br)c2c1)CC1(OC(=O)OCC)CCCC1. The van der Waals surface area contributed by atoms with Crippen molar-refractivity contribution in [3.05, 3.63) is 52.5 Å². The number of tetrazole rings is 1. The highest BCUT2D eigenvalue weighted by Gasteiger charge is 2.41. The largest absolute Gasteiger partial charge is 0.508 e. The summed E-state index contributed by atoms with van der Waals surface area (Å²) in [5.41, 5.74) is 2.57. The van der Waals surface area contributed by atoms with Crippen molar-refractivity contribution in [1.82, 2.24) is 25.5 Å². The lowest BCUT2D eigenvalue weighted by Crippen LogP contribution is -2.46. The third kappa shape index (κ3) is 5.89. The Morgan fingerprint density at radius 1 is 1.12 bits per heavy atom. The van der Waals surface area contributed by atoms with Gasteiger partial charge in [0.1, 0.15) is 16.9 Å². The van der Waals surface area contributed by atoms with Crippen molar-refractivity contribution in [3.8, 4) is 22.7 Å². The molecule has 0 unspecified atom stereocenters. The summed E-state index contributed by atoms with van der Waals surface area (Å²) in [7, 11) is 0. The fourth-order valence-corrected chi connectivity index (χ4v) is 5.96. The van der Waals surface area contributed by atoms with E-state index < -0.39 is 11.8 Å². The number of ether oxygens (including phenoxy) is 2. The van der Waals surface area contributed by atoms with Crippen LogP contribution in [0.25, 0.3) is 33.7 Å². The Morgan fingerprint density at radius 3 is 2.60 bits per heavy atom. The number of nitrogens with one attached hydrogen (secondary N) is 1. The zero-order valence-electron chi connectivity index (χ0n) is 22.6. The molecule has 4 aromatic rings. The minimum absolute atomic E-state index is 0.0304. The Labute approximate surface area is 240 Å². The number of nitrogens with zero attached hydrogens (tertiary/aromatic N) is 4. The van der Waals surface area contributed by atoms with Gasteiger partial charge in [0.2, 0.25) is 5.91 Å². The van der Waals surface area contributed by atoms with Gasteiger partial charge >= 0.3 is 6.16 Å².